The number of nitrogens with zero attached hydrogens (tertiary/aromatic N) is 4. The maximum atomic E-state index is 14.7. The van der Waals surface area contributed by atoms with Crippen LogP contribution in [0.2, 0.25) is 0 Å². The normalized spacial score (nSPS) is 11.3. The van der Waals surface area contributed by atoms with Crippen molar-refractivity contribution in [3.8, 4) is 11.8 Å². The molecule has 8 nitrogen and oxygen atoms in total. The highest BCUT2D eigenvalue weighted by atomic mass is 32.2. The molecule has 0 unspecified atom stereocenters. The maximum absolute atomic E-state index is 14.7. The van der Waals surface area contributed by atoms with Crippen molar-refractivity contribution in [2.75, 3.05) is 6.54 Å². The van der Waals surface area contributed by atoms with Gasteiger partial charge in [0.25, 0.3) is 0 Å². The smallest absolute Gasteiger partial charge is 0.238 e. The first-order valence-electron chi connectivity index (χ1n) is 8.77. The number of aromatic nitrogens is 3. The molecule has 0 aliphatic carbocycles. The Morgan fingerprint density at radius 1 is 1.21 bits per heavy atom. The Hall–Kier alpha value is -3.13. The molecule has 0 amide bonds. The maximum Gasteiger partial charge on any atom is 0.238 e. The van der Waals surface area contributed by atoms with E-state index in [0.717, 1.165) is 11.6 Å². The molecular formula is C19H19FN6O2S. The van der Waals surface area contributed by atoms with Gasteiger partial charge < -0.3 is 5.32 Å². The van der Waals surface area contributed by atoms with Crippen molar-refractivity contribution in [2.24, 2.45) is 5.14 Å². The number of primary sulfonamides is 1. The molecule has 0 spiro atoms. The van der Waals surface area contributed by atoms with E-state index in [4.69, 9.17) is 10.4 Å². The first kappa shape index (κ1) is 20.6. The van der Waals surface area contributed by atoms with E-state index in [1.54, 1.807) is 0 Å². The molecular weight excluding hydrogens is 395 g/mol. The molecule has 1 aromatic heterocycles. The average molecular weight is 414 g/mol. The van der Waals surface area contributed by atoms with Gasteiger partial charge in [-0.05, 0) is 23.8 Å². The van der Waals surface area contributed by atoms with E-state index >= 15 is 0 Å². The zero-order chi connectivity index (χ0) is 20.9. The molecule has 0 saturated heterocycles. The molecule has 3 rings (SSSR count). The van der Waals surface area contributed by atoms with Gasteiger partial charge in [0.15, 0.2) is 5.82 Å². The predicted octanol–water partition coefficient (Wildman–Crippen LogP) is 1.65. The van der Waals surface area contributed by atoms with E-state index in [-0.39, 0.29) is 10.6 Å². The fourth-order valence-electron chi connectivity index (χ4n) is 2.73. The Kier molecular flexibility index (Phi) is 6.33. The van der Waals surface area contributed by atoms with Gasteiger partial charge in [-0.2, -0.15) is 5.26 Å². The van der Waals surface area contributed by atoms with Crippen molar-refractivity contribution in [3.05, 3.63) is 71.6 Å². The van der Waals surface area contributed by atoms with Gasteiger partial charge in [-0.15, -0.1) is 5.10 Å². The number of benzene rings is 2. The molecule has 0 atom stereocenters. The fourth-order valence-corrected chi connectivity index (χ4v) is 3.26. The van der Waals surface area contributed by atoms with E-state index in [9.17, 15) is 12.8 Å². The highest BCUT2D eigenvalue weighted by Gasteiger charge is 2.18. The minimum atomic E-state index is -4.02. The molecule has 1 heterocycles. The second-order valence-electron chi connectivity index (χ2n) is 6.26. The summed E-state index contributed by atoms with van der Waals surface area (Å²) in [6.07, 6.45) is 0.754. The van der Waals surface area contributed by atoms with Crippen LogP contribution in [-0.2, 0) is 23.0 Å². The topological polar surface area (TPSA) is 127 Å². The number of sulfonamides is 1. The van der Waals surface area contributed by atoms with Crippen molar-refractivity contribution in [1.82, 2.24) is 20.1 Å². The number of hydrogen-bond donors (Lipinski definition) is 2. The molecule has 150 valence electrons. The van der Waals surface area contributed by atoms with E-state index in [1.165, 1.54) is 16.8 Å². The van der Waals surface area contributed by atoms with Crippen molar-refractivity contribution in [2.45, 2.75) is 24.3 Å². The Bertz CT molecular complexity index is 1140. The minimum absolute atomic E-state index is 0.0686. The van der Waals surface area contributed by atoms with Gasteiger partial charge >= 0.3 is 0 Å². The van der Waals surface area contributed by atoms with E-state index in [0.29, 0.717) is 37.6 Å². The largest absolute Gasteiger partial charge is 0.309 e. The lowest BCUT2D eigenvalue weighted by atomic mass is 10.1. The lowest BCUT2D eigenvalue weighted by molar-refractivity contribution is 0.586. The van der Waals surface area contributed by atoms with Crippen LogP contribution in [0.4, 0.5) is 4.39 Å². The van der Waals surface area contributed by atoms with Crippen LogP contribution in [0.1, 0.15) is 23.6 Å². The van der Waals surface area contributed by atoms with Crippen LogP contribution in [0, 0.1) is 17.1 Å². The van der Waals surface area contributed by atoms with Crippen LogP contribution in [0.3, 0.4) is 0 Å². The minimum Gasteiger partial charge on any atom is -0.309 e. The summed E-state index contributed by atoms with van der Waals surface area (Å²) in [4.78, 5) is 4.17. The summed E-state index contributed by atoms with van der Waals surface area (Å²) in [5, 5.41) is 21.1. The number of rotatable bonds is 8. The van der Waals surface area contributed by atoms with Gasteiger partial charge in [-0.1, -0.05) is 30.3 Å². The van der Waals surface area contributed by atoms with Crippen LogP contribution in [0.5, 0.6) is 0 Å². The second kappa shape index (κ2) is 8.91. The third-order valence-corrected chi connectivity index (χ3v) is 5.01. The molecule has 0 radical (unpaired) electrons. The second-order valence-corrected chi connectivity index (χ2v) is 7.82. The molecule has 10 heteroatoms. The molecule has 0 bridgehead atoms. The summed E-state index contributed by atoms with van der Waals surface area (Å²) < 4.78 is 39.0. The van der Waals surface area contributed by atoms with Crippen LogP contribution in [0.15, 0.2) is 53.4 Å². The molecule has 0 aliphatic rings. The van der Waals surface area contributed by atoms with Crippen molar-refractivity contribution >= 4 is 10.0 Å². The molecule has 0 aliphatic heterocycles. The summed E-state index contributed by atoms with van der Waals surface area (Å²) in [5.41, 5.74) is 1.03. The number of nitrogens with one attached hydrogen (secondary N) is 1. The number of nitriles is 1. The van der Waals surface area contributed by atoms with Crippen molar-refractivity contribution in [1.29, 1.82) is 5.26 Å². The molecule has 3 aromatic rings. The van der Waals surface area contributed by atoms with E-state index in [1.807, 2.05) is 36.4 Å². The molecule has 0 fully saturated rings. The predicted molar refractivity (Wildman–Crippen MR) is 104 cm³/mol. The van der Waals surface area contributed by atoms with E-state index in [2.05, 4.69) is 15.4 Å². The lowest BCUT2D eigenvalue weighted by Crippen LogP contribution is -2.15. The number of nitrogens with two attached hydrogens (primary N) is 1. The first-order valence-corrected chi connectivity index (χ1v) is 10.3. The average Bonchev–Trinajstić information content (AvgIpc) is 3.07. The summed E-state index contributed by atoms with van der Waals surface area (Å²) in [6, 6.07) is 15.0. The molecule has 29 heavy (non-hydrogen) atoms. The summed E-state index contributed by atoms with van der Waals surface area (Å²) in [6.45, 7) is 0.795. The SMILES string of the molecule is N#CCCNCc1nc(Cc2ccccc2)n(-c2ccc(S(N)(=O)=O)cc2F)n1. The fraction of sp³-hybridized carbons (Fsp3) is 0.211. The van der Waals surface area contributed by atoms with Crippen LogP contribution >= 0.6 is 0 Å². The van der Waals surface area contributed by atoms with Gasteiger partial charge in [-0.3, -0.25) is 0 Å². The van der Waals surface area contributed by atoms with Gasteiger partial charge in [0, 0.05) is 19.4 Å². The van der Waals surface area contributed by atoms with Gasteiger partial charge in [-0.25, -0.2) is 27.6 Å². The highest BCUT2D eigenvalue weighted by Crippen LogP contribution is 2.20. The third-order valence-electron chi connectivity index (χ3n) is 4.10. The summed E-state index contributed by atoms with van der Waals surface area (Å²) in [5.74, 6) is 0.152. The summed E-state index contributed by atoms with van der Waals surface area (Å²) >= 11 is 0. The van der Waals surface area contributed by atoms with Crippen LogP contribution < -0.4 is 10.5 Å². The van der Waals surface area contributed by atoms with E-state index < -0.39 is 15.8 Å². The summed E-state index contributed by atoms with van der Waals surface area (Å²) in [7, 11) is -4.02. The van der Waals surface area contributed by atoms with Gasteiger partial charge in [0.2, 0.25) is 10.0 Å². The molecule has 3 N–H and O–H groups in total. The van der Waals surface area contributed by atoms with Gasteiger partial charge in [0.05, 0.1) is 17.5 Å². The Balaban J connectivity index is 1.97. The van der Waals surface area contributed by atoms with Crippen LogP contribution in [-0.4, -0.2) is 29.7 Å². The quantitative estimate of drug-likeness (QED) is 0.540. The number of hydrogen-bond acceptors (Lipinski definition) is 6. The van der Waals surface area contributed by atoms with Crippen molar-refractivity contribution < 1.29 is 12.8 Å². The highest BCUT2D eigenvalue weighted by molar-refractivity contribution is 7.89. The van der Waals surface area contributed by atoms with Gasteiger partial charge in [0.1, 0.15) is 17.3 Å². The zero-order valence-corrected chi connectivity index (χ0v) is 16.2. The zero-order valence-electron chi connectivity index (χ0n) is 15.4. The number of halogens is 1. The lowest BCUT2D eigenvalue weighted by Gasteiger charge is -2.08. The van der Waals surface area contributed by atoms with Crippen LogP contribution in [0.25, 0.3) is 5.69 Å². The molecule has 0 saturated carbocycles. The Labute approximate surface area is 167 Å². The standard InChI is InChI=1S/C19H19FN6O2S/c20-16-12-15(29(22,27)28)7-8-17(16)26-19(11-14-5-2-1-3-6-14)24-18(25-26)13-23-10-4-9-21/h1-3,5-8,12,23H,4,10-11,13H2,(H2,22,27,28). The Morgan fingerprint density at radius 2 is 1.97 bits per heavy atom. The van der Waals surface area contributed by atoms with Crippen molar-refractivity contribution in [3.63, 3.8) is 0 Å². The first-order chi connectivity index (χ1) is 13.9. The monoisotopic (exact) mass is 414 g/mol. The third kappa shape index (κ3) is 5.23. The molecule has 2 aromatic carbocycles. The Morgan fingerprint density at radius 3 is 2.62 bits per heavy atom.